The first-order valence-electron chi connectivity index (χ1n) is 10.9. The topological polar surface area (TPSA) is 84.9 Å². The Morgan fingerprint density at radius 3 is 2.28 bits per heavy atom. The molecule has 1 heterocycles. The summed E-state index contributed by atoms with van der Waals surface area (Å²) in [6, 6.07) is 15.9. The van der Waals surface area contributed by atoms with Crippen molar-refractivity contribution in [2.45, 2.75) is 37.6 Å². The summed E-state index contributed by atoms with van der Waals surface area (Å²) in [7, 11) is -2.15. The summed E-state index contributed by atoms with van der Waals surface area (Å²) in [5, 5.41) is 3.06. The van der Waals surface area contributed by atoms with Gasteiger partial charge in [-0.1, -0.05) is 37.3 Å². The fraction of sp³-hybridized carbons (Fsp3) is 0.458. The van der Waals surface area contributed by atoms with Gasteiger partial charge < -0.3 is 14.8 Å². The van der Waals surface area contributed by atoms with Crippen LogP contribution in [0.25, 0.3) is 0 Å². The van der Waals surface area contributed by atoms with Crippen molar-refractivity contribution in [2.24, 2.45) is 0 Å². The van der Waals surface area contributed by atoms with E-state index >= 15 is 0 Å². The zero-order valence-corrected chi connectivity index (χ0v) is 19.7. The van der Waals surface area contributed by atoms with Gasteiger partial charge in [-0.2, -0.15) is 0 Å². The molecule has 1 saturated heterocycles. The molecule has 1 fully saturated rings. The van der Waals surface area contributed by atoms with Crippen LogP contribution in [0, 0.1) is 0 Å². The van der Waals surface area contributed by atoms with Gasteiger partial charge in [0.25, 0.3) is 0 Å². The van der Waals surface area contributed by atoms with Crippen molar-refractivity contribution < 1.29 is 22.7 Å². The molecule has 0 spiro atoms. The molecule has 2 aromatic rings. The highest BCUT2D eigenvalue weighted by Gasteiger charge is 2.37. The van der Waals surface area contributed by atoms with Gasteiger partial charge in [-0.3, -0.25) is 9.10 Å². The summed E-state index contributed by atoms with van der Waals surface area (Å²) in [5.41, 5.74) is 1.36. The Morgan fingerprint density at radius 2 is 1.75 bits per heavy atom. The zero-order chi connectivity index (χ0) is 23.2. The fourth-order valence-corrected chi connectivity index (χ4v) is 5.50. The Bertz CT molecular complexity index is 987. The van der Waals surface area contributed by atoms with E-state index in [0.717, 1.165) is 24.7 Å². The molecule has 0 aromatic heterocycles. The SMILES string of the molecule is CCC(C(=O)NCC1(c2ccccc2)CCOCC1)N(c1ccc(OC)cc1)S(C)(=O)=O. The predicted octanol–water partition coefficient (Wildman–Crippen LogP) is 3.10. The van der Waals surface area contributed by atoms with E-state index in [0.29, 0.717) is 37.6 Å². The first-order chi connectivity index (χ1) is 15.3. The minimum Gasteiger partial charge on any atom is -0.497 e. The summed E-state index contributed by atoms with van der Waals surface area (Å²) in [4.78, 5) is 13.3. The van der Waals surface area contributed by atoms with Crippen molar-refractivity contribution in [3.63, 3.8) is 0 Å². The van der Waals surface area contributed by atoms with E-state index in [2.05, 4.69) is 17.4 Å². The normalized spacial score (nSPS) is 16.7. The monoisotopic (exact) mass is 460 g/mol. The second kappa shape index (κ2) is 10.4. The van der Waals surface area contributed by atoms with E-state index in [9.17, 15) is 13.2 Å². The lowest BCUT2D eigenvalue weighted by Gasteiger charge is -2.39. The van der Waals surface area contributed by atoms with Crippen molar-refractivity contribution in [1.82, 2.24) is 5.32 Å². The third-order valence-corrected chi connectivity index (χ3v) is 7.27. The van der Waals surface area contributed by atoms with Gasteiger partial charge in [-0.05, 0) is 49.1 Å². The van der Waals surface area contributed by atoms with Gasteiger partial charge >= 0.3 is 0 Å². The lowest BCUT2D eigenvalue weighted by atomic mass is 9.74. The minimum absolute atomic E-state index is 0.233. The van der Waals surface area contributed by atoms with E-state index < -0.39 is 16.1 Å². The molecule has 0 saturated carbocycles. The van der Waals surface area contributed by atoms with Gasteiger partial charge in [0.1, 0.15) is 11.8 Å². The molecule has 32 heavy (non-hydrogen) atoms. The van der Waals surface area contributed by atoms with Crippen LogP contribution in [-0.4, -0.2) is 53.5 Å². The number of rotatable bonds is 9. The van der Waals surface area contributed by atoms with Gasteiger partial charge in [0.05, 0.1) is 19.1 Å². The van der Waals surface area contributed by atoms with Crippen LogP contribution in [0.3, 0.4) is 0 Å². The molecule has 8 heteroatoms. The Hall–Kier alpha value is -2.58. The quantitative estimate of drug-likeness (QED) is 0.622. The number of ether oxygens (including phenoxy) is 2. The molecule has 3 rings (SSSR count). The third kappa shape index (κ3) is 5.42. The van der Waals surface area contributed by atoms with E-state index in [1.807, 2.05) is 25.1 Å². The van der Waals surface area contributed by atoms with Crippen LogP contribution in [0.1, 0.15) is 31.7 Å². The molecule has 1 atom stereocenters. The van der Waals surface area contributed by atoms with Crippen LogP contribution in [0.2, 0.25) is 0 Å². The number of carbonyl (C=O) groups excluding carboxylic acids is 1. The summed E-state index contributed by atoms with van der Waals surface area (Å²) in [6.45, 7) is 3.50. The van der Waals surface area contributed by atoms with E-state index in [1.54, 1.807) is 31.4 Å². The molecule has 0 bridgehead atoms. The van der Waals surface area contributed by atoms with E-state index in [4.69, 9.17) is 9.47 Å². The Kier molecular flexibility index (Phi) is 7.79. The van der Waals surface area contributed by atoms with Crippen LogP contribution in [0.4, 0.5) is 5.69 Å². The molecule has 1 unspecified atom stereocenters. The van der Waals surface area contributed by atoms with Crippen LogP contribution < -0.4 is 14.4 Å². The van der Waals surface area contributed by atoms with E-state index in [-0.39, 0.29) is 11.3 Å². The van der Waals surface area contributed by atoms with E-state index in [1.165, 1.54) is 4.31 Å². The molecule has 0 radical (unpaired) electrons. The standard InChI is InChI=1S/C24H32N2O5S/c1-4-22(26(32(3,28)29)20-10-12-21(30-2)13-11-20)23(27)25-18-24(14-16-31-17-15-24)19-8-6-5-7-9-19/h5-13,22H,4,14-18H2,1-3H3,(H,25,27). The molecule has 1 amide bonds. The van der Waals surface area contributed by atoms with Crippen LogP contribution in [0.15, 0.2) is 54.6 Å². The summed E-state index contributed by atoms with van der Waals surface area (Å²) in [6.07, 6.45) is 3.05. The minimum atomic E-state index is -3.69. The smallest absolute Gasteiger partial charge is 0.243 e. The maximum Gasteiger partial charge on any atom is 0.243 e. The number of hydrogen-bond acceptors (Lipinski definition) is 5. The number of amides is 1. The highest BCUT2D eigenvalue weighted by atomic mass is 32.2. The van der Waals surface area contributed by atoms with Crippen molar-refractivity contribution >= 4 is 21.6 Å². The number of benzene rings is 2. The predicted molar refractivity (Wildman–Crippen MR) is 126 cm³/mol. The Balaban J connectivity index is 1.84. The molecule has 174 valence electrons. The summed E-state index contributed by atoms with van der Waals surface area (Å²) in [5.74, 6) is 0.305. The van der Waals surface area contributed by atoms with Gasteiger partial charge in [0, 0.05) is 25.2 Å². The highest BCUT2D eigenvalue weighted by Crippen LogP contribution is 2.34. The Labute approximate surface area is 190 Å². The lowest BCUT2D eigenvalue weighted by Crippen LogP contribution is -2.52. The molecular weight excluding hydrogens is 428 g/mol. The van der Waals surface area contributed by atoms with Crippen LogP contribution >= 0.6 is 0 Å². The number of anilines is 1. The highest BCUT2D eigenvalue weighted by molar-refractivity contribution is 7.92. The Morgan fingerprint density at radius 1 is 1.12 bits per heavy atom. The number of nitrogens with one attached hydrogen (secondary N) is 1. The number of nitrogens with zero attached hydrogens (tertiary/aromatic N) is 1. The van der Waals surface area contributed by atoms with Gasteiger partial charge in [-0.15, -0.1) is 0 Å². The fourth-order valence-electron chi connectivity index (χ4n) is 4.28. The van der Waals surface area contributed by atoms with Crippen molar-refractivity contribution in [2.75, 3.05) is 37.4 Å². The number of hydrogen-bond donors (Lipinski definition) is 1. The maximum atomic E-state index is 13.3. The van der Waals surface area contributed by atoms with Crippen LogP contribution in [0.5, 0.6) is 5.75 Å². The second-order valence-corrected chi connectivity index (χ2v) is 10.0. The van der Waals surface area contributed by atoms with Crippen molar-refractivity contribution in [3.8, 4) is 5.75 Å². The summed E-state index contributed by atoms with van der Waals surface area (Å²) >= 11 is 0. The molecule has 1 N–H and O–H groups in total. The number of sulfonamides is 1. The molecule has 1 aliphatic heterocycles. The molecule has 0 aliphatic carbocycles. The van der Waals surface area contributed by atoms with Crippen molar-refractivity contribution in [1.29, 1.82) is 0 Å². The van der Waals surface area contributed by atoms with Crippen LogP contribution in [-0.2, 0) is 25.0 Å². The second-order valence-electron chi connectivity index (χ2n) is 8.16. The third-order valence-electron chi connectivity index (χ3n) is 6.09. The largest absolute Gasteiger partial charge is 0.497 e. The molecule has 1 aliphatic rings. The number of methoxy groups -OCH3 is 1. The average Bonchev–Trinajstić information content (AvgIpc) is 2.81. The zero-order valence-electron chi connectivity index (χ0n) is 18.9. The first-order valence-corrected chi connectivity index (χ1v) is 12.7. The molecular formula is C24H32N2O5S. The number of carbonyl (C=O) groups is 1. The average molecular weight is 461 g/mol. The maximum absolute atomic E-state index is 13.3. The molecule has 2 aromatic carbocycles. The summed E-state index contributed by atoms with van der Waals surface area (Å²) < 4.78 is 37.3. The molecule has 7 nitrogen and oxygen atoms in total. The first kappa shape index (κ1) is 24.1. The van der Waals surface area contributed by atoms with Gasteiger partial charge in [-0.25, -0.2) is 8.42 Å². The van der Waals surface area contributed by atoms with Gasteiger partial charge in [0.15, 0.2) is 0 Å². The van der Waals surface area contributed by atoms with Gasteiger partial charge in [0.2, 0.25) is 15.9 Å². The van der Waals surface area contributed by atoms with Crippen molar-refractivity contribution in [3.05, 3.63) is 60.2 Å². The lowest BCUT2D eigenvalue weighted by molar-refractivity contribution is -0.122.